The van der Waals surface area contributed by atoms with Crippen LogP contribution in [0.5, 0.6) is 0 Å². The number of para-hydroxylation sites is 1. The number of hydrogen-bond donors (Lipinski definition) is 4. The Morgan fingerprint density at radius 1 is 1.19 bits per heavy atom. The van der Waals surface area contributed by atoms with E-state index in [0.717, 1.165) is 6.42 Å². The lowest BCUT2D eigenvalue weighted by Crippen LogP contribution is -2.49. The largest absolute Gasteiger partial charge is 0.446 e. The average molecular weight is 462 g/mol. The van der Waals surface area contributed by atoms with E-state index in [9.17, 15) is 13.2 Å². The zero-order valence-electron chi connectivity index (χ0n) is 16.7. The Morgan fingerprint density at radius 3 is 2.52 bits per heavy atom. The monoisotopic (exact) mass is 462 g/mol. The minimum Gasteiger partial charge on any atom is -0.444 e. The van der Waals surface area contributed by atoms with E-state index >= 15 is 4.39 Å². The van der Waals surface area contributed by atoms with Crippen molar-refractivity contribution in [2.45, 2.75) is 53.9 Å². The molecule has 1 aromatic carbocycles. The summed E-state index contributed by atoms with van der Waals surface area (Å²) < 4.78 is 59.8. The van der Waals surface area contributed by atoms with Gasteiger partial charge in [0.1, 0.15) is 6.17 Å². The van der Waals surface area contributed by atoms with Crippen LogP contribution in [0.3, 0.4) is 0 Å². The number of thioether (sulfide) groups is 1. The molecule has 1 saturated carbocycles. The van der Waals surface area contributed by atoms with Gasteiger partial charge in [0.15, 0.2) is 11.3 Å². The molecule has 1 fully saturated rings. The van der Waals surface area contributed by atoms with Crippen molar-refractivity contribution in [3.8, 4) is 11.8 Å². The summed E-state index contributed by atoms with van der Waals surface area (Å²) in [6.45, 7) is 0. The van der Waals surface area contributed by atoms with E-state index in [2.05, 4.69) is 5.32 Å². The maximum Gasteiger partial charge on any atom is 0.446 e. The number of aliphatic hydroxyl groups is 3. The van der Waals surface area contributed by atoms with Gasteiger partial charge in [0.2, 0.25) is 0 Å². The molecule has 170 valence electrons. The van der Waals surface area contributed by atoms with Crippen LogP contribution < -0.4 is 5.32 Å². The first-order valence-electron chi connectivity index (χ1n) is 9.44. The third-order valence-corrected chi connectivity index (χ3v) is 5.84. The first-order valence-corrected chi connectivity index (χ1v) is 10.3. The molecule has 1 aliphatic carbocycles. The second-order valence-corrected chi connectivity index (χ2v) is 8.61. The number of nitrogens with zero attached hydrogens (tertiary/aromatic N) is 1. The fraction of sp³-hybridized carbons (Fsp3) is 0.500. The lowest BCUT2D eigenvalue weighted by atomic mass is 9.88. The summed E-state index contributed by atoms with van der Waals surface area (Å²) in [7, 11) is 3.59. The van der Waals surface area contributed by atoms with Crippen molar-refractivity contribution in [3.05, 3.63) is 24.0 Å². The second kappa shape index (κ2) is 8.88. The van der Waals surface area contributed by atoms with E-state index in [4.69, 9.17) is 19.7 Å². The minimum atomic E-state index is -4.67. The summed E-state index contributed by atoms with van der Waals surface area (Å²) in [4.78, 5) is 1.41. The summed E-state index contributed by atoms with van der Waals surface area (Å²) >= 11 is -0.476. The van der Waals surface area contributed by atoms with Gasteiger partial charge in [-0.05, 0) is 63.2 Å². The SMILES string of the molecule is CN(C)C1CCCC(Nc2cccc3c(SC(F)(F)F)c(C#CC(O)(O)O)oc23)C1F. The molecule has 11 heteroatoms. The van der Waals surface area contributed by atoms with Crippen molar-refractivity contribution in [3.63, 3.8) is 0 Å². The molecular formula is C20H22F4N2O4S. The van der Waals surface area contributed by atoms with Crippen LogP contribution >= 0.6 is 11.8 Å². The predicted octanol–water partition coefficient (Wildman–Crippen LogP) is 3.26. The van der Waals surface area contributed by atoms with Crippen molar-refractivity contribution >= 4 is 28.4 Å². The van der Waals surface area contributed by atoms with Crippen LogP contribution in [0.4, 0.5) is 23.2 Å². The summed E-state index contributed by atoms with van der Waals surface area (Å²) in [6.07, 6.45) is 0.832. The molecule has 0 aliphatic heterocycles. The standard InChI is InChI=1S/C20H22F4N2O4S/c1-26(2)14-8-4-6-12(16(14)21)25-13-7-3-5-11-17(13)30-15(9-10-19(27,28)29)18(11)31-20(22,23)24/h3,5,7,12,14,16,25,27-29H,4,6,8H2,1-2H3. The maximum atomic E-state index is 15.0. The van der Waals surface area contributed by atoms with Crippen molar-refractivity contribution in [1.29, 1.82) is 0 Å². The number of benzene rings is 1. The quantitative estimate of drug-likeness (QED) is 0.240. The summed E-state index contributed by atoms with van der Waals surface area (Å²) in [6, 6.07) is 3.61. The van der Waals surface area contributed by atoms with Crippen molar-refractivity contribution in [2.75, 3.05) is 19.4 Å². The molecule has 6 nitrogen and oxygen atoms in total. The third-order valence-electron chi connectivity index (χ3n) is 5.00. The molecule has 4 N–H and O–H groups in total. The maximum absolute atomic E-state index is 15.0. The highest BCUT2D eigenvalue weighted by Crippen LogP contribution is 2.45. The lowest BCUT2D eigenvalue weighted by molar-refractivity contribution is -0.265. The summed E-state index contributed by atoms with van der Waals surface area (Å²) in [5.74, 6) is -0.260. The highest BCUT2D eigenvalue weighted by atomic mass is 32.2. The molecule has 3 rings (SSSR count). The highest BCUT2D eigenvalue weighted by Gasteiger charge is 2.36. The highest BCUT2D eigenvalue weighted by molar-refractivity contribution is 8.00. The Bertz CT molecular complexity index is 991. The zero-order valence-corrected chi connectivity index (χ0v) is 17.5. The van der Waals surface area contributed by atoms with Crippen LogP contribution in [-0.2, 0) is 0 Å². The fourth-order valence-corrected chi connectivity index (χ4v) is 4.37. The number of fused-ring (bicyclic) bond motifs is 1. The molecule has 0 spiro atoms. The summed E-state index contributed by atoms with van der Waals surface area (Å²) in [5.41, 5.74) is -4.35. The predicted molar refractivity (Wildman–Crippen MR) is 108 cm³/mol. The average Bonchev–Trinajstić information content (AvgIpc) is 2.98. The molecule has 1 aromatic heterocycles. The smallest absolute Gasteiger partial charge is 0.444 e. The van der Waals surface area contributed by atoms with Crippen LogP contribution in [0, 0.1) is 11.8 Å². The Kier molecular flexibility index (Phi) is 6.78. The molecule has 3 unspecified atom stereocenters. The van der Waals surface area contributed by atoms with Gasteiger partial charge in [0, 0.05) is 17.3 Å². The number of alkyl halides is 4. The molecule has 0 radical (unpaired) electrons. The van der Waals surface area contributed by atoms with Crippen LogP contribution in [0.25, 0.3) is 11.0 Å². The molecule has 0 amide bonds. The van der Waals surface area contributed by atoms with Gasteiger partial charge in [0.05, 0.1) is 16.6 Å². The van der Waals surface area contributed by atoms with E-state index < -0.39 is 46.1 Å². The molecule has 1 heterocycles. The number of anilines is 1. The molecule has 31 heavy (non-hydrogen) atoms. The molecule has 1 aliphatic rings. The minimum absolute atomic E-state index is 0.0251. The molecule has 0 saturated heterocycles. The van der Waals surface area contributed by atoms with E-state index in [1.807, 2.05) is 10.8 Å². The molecule has 0 bridgehead atoms. The Morgan fingerprint density at radius 2 is 1.90 bits per heavy atom. The molecule has 3 atom stereocenters. The van der Waals surface area contributed by atoms with Crippen molar-refractivity contribution in [2.24, 2.45) is 0 Å². The Hall–Kier alpha value is -1.97. The Labute approximate surface area is 180 Å². The number of furan rings is 1. The van der Waals surface area contributed by atoms with Crippen LogP contribution in [0.2, 0.25) is 0 Å². The van der Waals surface area contributed by atoms with Crippen molar-refractivity contribution < 1.29 is 37.3 Å². The van der Waals surface area contributed by atoms with Gasteiger partial charge in [-0.1, -0.05) is 6.07 Å². The topological polar surface area (TPSA) is 89.1 Å². The van der Waals surface area contributed by atoms with Gasteiger partial charge in [-0.2, -0.15) is 13.2 Å². The molecule has 2 aromatic rings. The van der Waals surface area contributed by atoms with Gasteiger partial charge >= 0.3 is 11.5 Å². The summed E-state index contributed by atoms with van der Waals surface area (Å²) in [5, 5.41) is 30.0. The van der Waals surface area contributed by atoms with Crippen LogP contribution in [-0.4, -0.2) is 64.1 Å². The van der Waals surface area contributed by atoms with Crippen LogP contribution in [0.15, 0.2) is 27.5 Å². The van der Waals surface area contributed by atoms with Gasteiger partial charge < -0.3 is 30.0 Å². The third kappa shape index (κ3) is 5.84. The number of nitrogens with one attached hydrogen (secondary N) is 1. The lowest BCUT2D eigenvalue weighted by Gasteiger charge is -2.37. The normalized spacial score (nSPS) is 22.5. The number of halogens is 4. The van der Waals surface area contributed by atoms with E-state index in [1.54, 1.807) is 26.1 Å². The van der Waals surface area contributed by atoms with E-state index in [1.165, 1.54) is 12.1 Å². The van der Waals surface area contributed by atoms with Gasteiger partial charge in [-0.15, -0.1) is 0 Å². The van der Waals surface area contributed by atoms with Gasteiger partial charge in [0.25, 0.3) is 0 Å². The van der Waals surface area contributed by atoms with E-state index in [0.29, 0.717) is 18.5 Å². The Balaban J connectivity index is 2.03. The zero-order chi connectivity index (χ0) is 23.0. The van der Waals surface area contributed by atoms with Crippen molar-refractivity contribution in [1.82, 2.24) is 4.90 Å². The van der Waals surface area contributed by atoms with Gasteiger partial charge in [-0.25, -0.2) is 4.39 Å². The second-order valence-electron chi connectivity index (χ2n) is 7.53. The number of rotatable bonds is 4. The first kappa shape index (κ1) is 23.7. The van der Waals surface area contributed by atoms with Gasteiger partial charge in [-0.3, -0.25) is 0 Å². The fourth-order valence-electron chi connectivity index (χ4n) is 3.68. The number of hydrogen-bond acceptors (Lipinski definition) is 7. The van der Waals surface area contributed by atoms with Crippen LogP contribution in [0.1, 0.15) is 25.0 Å². The molecular weight excluding hydrogens is 440 g/mol. The van der Waals surface area contributed by atoms with E-state index in [-0.39, 0.29) is 17.0 Å². The first-order chi connectivity index (χ1) is 14.4.